The molecule has 1 aromatic heterocycles. The van der Waals surface area contributed by atoms with E-state index in [0.717, 1.165) is 30.2 Å². The van der Waals surface area contributed by atoms with E-state index in [4.69, 9.17) is 11.6 Å². The van der Waals surface area contributed by atoms with Gasteiger partial charge in [0.25, 0.3) is 0 Å². The van der Waals surface area contributed by atoms with Crippen molar-refractivity contribution in [2.24, 2.45) is 0 Å². The predicted molar refractivity (Wildman–Crippen MR) is 88.8 cm³/mol. The van der Waals surface area contributed by atoms with Gasteiger partial charge in [-0.3, -0.25) is 4.68 Å². The molecule has 0 saturated heterocycles. The van der Waals surface area contributed by atoms with Gasteiger partial charge in [-0.2, -0.15) is 5.10 Å². The number of likely N-dealkylation sites (N-methyl/N-ethyl adjacent to an activating group) is 1. The molecule has 21 heavy (non-hydrogen) atoms. The highest BCUT2D eigenvalue weighted by atomic mass is 35.5. The summed E-state index contributed by atoms with van der Waals surface area (Å²) in [5, 5.41) is 8.61. The number of rotatable bonds is 7. The van der Waals surface area contributed by atoms with Gasteiger partial charge in [0.05, 0.1) is 29.5 Å². The Morgan fingerprint density at radius 1 is 1.24 bits per heavy atom. The molecule has 0 amide bonds. The third-order valence-corrected chi connectivity index (χ3v) is 4.14. The third-order valence-electron chi connectivity index (χ3n) is 3.77. The standard InChI is InChI=1S/C17H24ClN3/c1-4-6-14-7-9-15(10-8-14)17(19-5-2)12-21-13(3)16(18)11-20-21/h7-11,17,19H,4-6,12H2,1-3H3. The van der Waals surface area contributed by atoms with E-state index in [9.17, 15) is 0 Å². The Hall–Kier alpha value is -1.32. The highest BCUT2D eigenvalue weighted by Crippen LogP contribution is 2.20. The molecule has 0 aliphatic rings. The fourth-order valence-corrected chi connectivity index (χ4v) is 2.66. The van der Waals surface area contributed by atoms with Crippen molar-refractivity contribution in [2.45, 2.75) is 46.2 Å². The minimum absolute atomic E-state index is 0.250. The van der Waals surface area contributed by atoms with Crippen molar-refractivity contribution >= 4 is 11.6 Å². The van der Waals surface area contributed by atoms with Crippen LogP contribution in [0.4, 0.5) is 0 Å². The molecule has 0 fully saturated rings. The van der Waals surface area contributed by atoms with E-state index in [0.29, 0.717) is 0 Å². The lowest BCUT2D eigenvalue weighted by atomic mass is 10.0. The van der Waals surface area contributed by atoms with Crippen LogP contribution in [0, 0.1) is 6.92 Å². The van der Waals surface area contributed by atoms with Crippen LogP contribution in [-0.4, -0.2) is 16.3 Å². The van der Waals surface area contributed by atoms with Gasteiger partial charge >= 0.3 is 0 Å². The number of nitrogens with one attached hydrogen (secondary N) is 1. The number of nitrogens with zero attached hydrogens (tertiary/aromatic N) is 2. The minimum Gasteiger partial charge on any atom is -0.309 e. The van der Waals surface area contributed by atoms with E-state index in [1.165, 1.54) is 17.5 Å². The fraction of sp³-hybridized carbons (Fsp3) is 0.471. The maximum Gasteiger partial charge on any atom is 0.0814 e. The van der Waals surface area contributed by atoms with E-state index in [-0.39, 0.29) is 6.04 Å². The van der Waals surface area contributed by atoms with Crippen molar-refractivity contribution in [1.29, 1.82) is 0 Å². The number of hydrogen-bond donors (Lipinski definition) is 1. The Morgan fingerprint density at radius 3 is 2.48 bits per heavy atom. The van der Waals surface area contributed by atoms with Gasteiger partial charge in [-0.05, 0) is 31.0 Å². The second kappa shape index (κ2) is 7.62. The van der Waals surface area contributed by atoms with E-state index >= 15 is 0 Å². The first kappa shape index (κ1) is 16.1. The van der Waals surface area contributed by atoms with Crippen LogP contribution in [0.2, 0.25) is 5.02 Å². The van der Waals surface area contributed by atoms with Gasteiger partial charge < -0.3 is 5.32 Å². The monoisotopic (exact) mass is 305 g/mol. The second-order valence-corrected chi connectivity index (χ2v) is 5.77. The van der Waals surface area contributed by atoms with Gasteiger partial charge in [-0.15, -0.1) is 0 Å². The Bertz CT molecular complexity index is 560. The second-order valence-electron chi connectivity index (χ2n) is 5.36. The summed E-state index contributed by atoms with van der Waals surface area (Å²) < 4.78 is 1.97. The molecule has 0 aliphatic heterocycles. The average molecular weight is 306 g/mol. The topological polar surface area (TPSA) is 29.9 Å². The largest absolute Gasteiger partial charge is 0.309 e. The normalized spacial score (nSPS) is 12.6. The highest BCUT2D eigenvalue weighted by Gasteiger charge is 2.14. The van der Waals surface area contributed by atoms with Crippen LogP contribution in [0.5, 0.6) is 0 Å². The van der Waals surface area contributed by atoms with Gasteiger partial charge in [-0.1, -0.05) is 56.1 Å². The number of aromatic nitrogens is 2. The highest BCUT2D eigenvalue weighted by molar-refractivity contribution is 6.31. The quantitative estimate of drug-likeness (QED) is 0.833. The SMILES string of the molecule is CCCc1ccc(C(Cn2ncc(Cl)c2C)NCC)cc1. The molecule has 4 heteroatoms. The summed E-state index contributed by atoms with van der Waals surface area (Å²) in [7, 11) is 0. The lowest BCUT2D eigenvalue weighted by Gasteiger charge is -2.19. The number of benzene rings is 1. The molecular formula is C17H24ClN3. The van der Waals surface area contributed by atoms with Crippen LogP contribution in [0.15, 0.2) is 30.5 Å². The molecule has 0 aliphatic carbocycles. The molecule has 0 saturated carbocycles. The fourth-order valence-electron chi connectivity index (χ4n) is 2.52. The molecule has 1 N–H and O–H groups in total. The molecule has 1 aromatic carbocycles. The van der Waals surface area contributed by atoms with Crippen molar-refractivity contribution in [3.63, 3.8) is 0 Å². The lowest BCUT2D eigenvalue weighted by molar-refractivity contribution is 0.442. The first-order valence-corrected chi connectivity index (χ1v) is 8.03. The van der Waals surface area contributed by atoms with Gasteiger partial charge in [0.2, 0.25) is 0 Å². The molecule has 1 atom stereocenters. The van der Waals surface area contributed by atoms with Crippen LogP contribution in [-0.2, 0) is 13.0 Å². The van der Waals surface area contributed by atoms with Crippen molar-refractivity contribution in [2.75, 3.05) is 6.54 Å². The zero-order valence-electron chi connectivity index (χ0n) is 13.1. The van der Waals surface area contributed by atoms with E-state index in [1.54, 1.807) is 6.20 Å². The summed E-state index contributed by atoms with van der Waals surface area (Å²) in [6.45, 7) is 8.05. The zero-order chi connectivity index (χ0) is 15.2. The maximum atomic E-state index is 6.09. The van der Waals surface area contributed by atoms with Crippen LogP contribution in [0.1, 0.15) is 43.1 Å². The number of aryl methyl sites for hydroxylation is 1. The molecule has 0 radical (unpaired) electrons. The Labute approximate surface area is 132 Å². The van der Waals surface area contributed by atoms with Crippen LogP contribution in [0.25, 0.3) is 0 Å². The summed E-state index contributed by atoms with van der Waals surface area (Å²) in [6.07, 6.45) is 4.03. The molecule has 114 valence electrons. The summed E-state index contributed by atoms with van der Waals surface area (Å²) in [6, 6.07) is 9.15. The molecule has 0 spiro atoms. The van der Waals surface area contributed by atoms with Gasteiger partial charge in [0.1, 0.15) is 0 Å². The summed E-state index contributed by atoms with van der Waals surface area (Å²) in [5.74, 6) is 0. The van der Waals surface area contributed by atoms with Crippen molar-refractivity contribution in [1.82, 2.24) is 15.1 Å². The van der Waals surface area contributed by atoms with Crippen molar-refractivity contribution in [3.8, 4) is 0 Å². The smallest absolute Gasteiger partial charge is 0.0814 e. The number of hydrogen-bond acceptors (Lipinski definition) is 2. The molecule has 2 rings (SSSR count). The van der Waals surface area contributed by atoms with Crippen LogP contribution < -0.4 is 5.32 Å². The van der Waals surface area contributed by atoms with E-state index in [2.05, 4.69) is 48.5 Å². The minimum atomic E-state index is 0.250. The maximum absolute atomic E-state index is 6.09. The Balaban J connectivity index is 2.16. The summed E-state index contributed by atoms with van der Waals surface area (Å²) >= 11 is 6.09. The molecule has 3 nitrogen and oxygen atoms in total. The third kappa shape index (κ3) is 4.08. The average Bonchev–Trinajstić information content (AvgIpc) is 2.80. The molecular weight excluding hydrogens is 282 g/mol. The summed E-state index contributed by atoms with van der Waals surface area (Å²) in [4.78, 5) is 0. The van der Waals surface area contributed by atoms with Gasteiger partial charge in [0, 0.05) is 0 Å². The molecule has 0 bridgehead atoms. The predicted octanol–water partition coefficient (Wildman–Crippen LogP) is 4.15. The van der Waals surface area contributed by atoms with E-state index in [1.807, 2.05) is 11.6 Å². The first-order chi connectivity index (χ1) is 10.2. The van der Waals surface area contributed by atoms with Gasteiger partial charge in [0.15, 0.2) is 0 Å². The molecule has 1 heterocycles. The number of halogens is 1. The molecule has 2 aromatic rings. The molecule has 1 unspecified atom stereocenters. The first-order valence-electron chi connectivity index (χ1n) is 7.65. The Kier molecular flexibility index (Phi) is 5.83. The van der Waals surface area contributed by atoms with Crippen molar-refractivity contribution < 1.29 is 0 Å². The van der Waals surface area contributed by atoms with Crippen LogP contribution >= 0.6 is 11.6 Å². The van der Waals surface area contributed by atoms with E-state index < -0.39 is 0 Å². The van der Waals surface area contributed by atoms with Crippen LogP contribution in [0.3, 0.4) is 0 Å². The Morgan fingerprint density at radius 2 is 1.95 bits per heavy atom. The van der Waals surface area contributed by atoms with Crippen molar-refractivity contribution in [3.05, 3.63) is 52.3 Å². The lowest BCUT2D eigenvalue weighted by Crippen LogP contribution is -2.26. The summed E-state index contributed by atoms with van der Waals surface area (Å²) in [5.41, 5.74) is 3.71. The van der Waals surface area contributed by atoms with Gasteiger partial charge in [-0.25, -0.2) is 0 Å². The zero-order valence-corrected chi connectivity index (χ0v) is 13.8.